The highest BCUT2D eigenvalue weighted by Crippen LogP contribution is 2.18. The van der Waals surface area contributed by atoms with E-state index in [-0.39, 0.29) is 11.1 Å². The monoisotopic (exact) mass is 476 g/mol. The van der Waals surface area contributed by atoms with Crippen molar-refractivity contribution in [1.82, 2.24) is 0 Å². The second-order valence-corrected chi connectivity index (χ2v) is 7.65. The van der Waals surface area contributed by atoms with Crippen molar-refractivity contribution >= 4 is 35.2 Å². The second-order valence-electron chi connectivity index (χ2n) is 7.65. The zero-order valence-electron chi connectivity index (χ0n) is 19.1. The molecule has 3 rings (SSSR count). The van der Waals surface area contributed by atoms with Crippen LogP contribution in [-0.2, 0) is 19.1 Å². The summed E-state index contributed by atoms with van der Waals surface area (Å²) in [6.07, 6.45) is -4.07. The molecule has 0 saturated heterocycles. The summed E-state index contributed by atoms with van der Waals surface area (Å²) >= 11 is 0. The summed E-state index contributed by atoms with van der Waals surface area (Å²) in [5.74, 6) is -4.56. The van der Waals surface area contributed by atoms with Crippen LogP contribution < -0.4 is 10.2 Å². The van der Waals surface area contributed by atoms with Gasteiger partial charge < -0.3 is 24.8 Å². The highest BCUT2D eigenvalue weighted by Gasteiger charge is 2.41. The van der Waals surface area contributed by atoms with Gasteiger partial charge in [0.05, 0.1) is 11.1 Å². The maximum absolute atomic E-state index is 13.1. The smallest absolute Gasteiger partial charge is 0.349 e. The Balaban J connectivity index is 1.88. The van der Waals surface area contributed by atoms with Crippen LogP contribution in [0.2, 0.25) is 0 Å². The fourth-order valence-electron chi connectivity index (χ4n) is 3.07. The number of benzene rings is 3. The van der Waals surface area contributed by atoms with E-state index in [0.717, 1.165) is 5.69 Å². The van der Waals surface area contributed by atoms with Gasteiger partial charge in [-0.05, 0) is 48.5 Å². The van der Waals surface area contributed by atoms with E-state index in [1.165, 1.54) is 24.3 Å². The number of nitrogens with one attached hydrogen (secondary N) is 1. The van der Waals surface area contributed by atoms with E-state index in [9.17, 15) is 24.3 Å². The van der Waals surface area contributed by atoms with Gasteiger partial charge in [0.25, 0.3) is 5.91 Å². The van der Waals surface area contributed by atoms with Crippen molar-refractivity contribution in [2.75, 3.05) is 24.3 Å². The Hall–Kier alpha value is -4.66. The van der Waals surface area contributed by atoms with E-state index in [2.05, 4.69) is 5.32 Å². The Kier molecular flexibility index (Phi) is 8.18. The first-order valence-electron chi connectivity index (χ1n) is 10.6. The van der Waals surface area contributed by atoms with Crippen LogP contribution in [0, 0.1) is 0 Å². The van der Waals surface area contributed by atoms with Crippen molar-refractivity contribution in [3.05, 3.63) is 96.1 Å². The minimum atomic E-state index is -2.10. The second kappa shape index (κ2) is 11.5. The minimum absolute atomic E-state index is 0.0755. The molecule has 180 valence electrons. The topological polar surface area (TPSA) is 122 Å². The number of carbonyl (C=O) groups excluding carboxylic acids is 3. The molecule has 0 radical (unpaired) electrons. The average molecular weight is 476 g/mol. The van der Waals surface area contributed by atoms with Crippen molar-refractivity contribution in [2.45, 2.75) is 12.2 Å². The lowest BCUT2D eigenvalue weighted by molar-refractivity contribution is -0.157. The maximum Gasteiger partial charge on any atom is 0.349 e. The van der Waals surface area contributed by atoms with E-state index in [0.29, 0.717) is 5.69 Å². The minimum Gasteiger partial charge on any atom is -0.478 e. The normalized spacial score (nSPS) is 12.1. The molecule has 9 heteroatoms. The zero-order chi connectivity index (χ0) is 25.4. The number of carboxylic acids is 1. The molecule has 0 aliphatic carbocycles. The van der Waals surface area contributed by atoms with Crippen LogP contribution in [-0.4, -0.2) is 55.2 Å². The van der Waals surface area contributed by atoms with Crippen molar-refractivity contribution < 1.29 is 33.8 Å². The van der Waals surface area contributed by atoms with Gasteiger partial charge in [0.1, 0.15) is 0 Å². The Morgan fingerprint density at radius 2 is 1.17 bits per heavy atom. The molecule has 2 atom stereocenters. The Bertz CT molecular complexity index is 1180. The standard InChI is InChI=1S/C26H24N2O7/c1-28(2)20-15-13-19(14-16-20)27-23(29)21(34-25(32)17-9-5-3-6-10-17)22(24(30)31)35-26(33)18-11-7-4-8-12-18/h3-16,21-22H,1-2H3,(H,27,29)(H,30,31)/t21-,22-/m0/s1. The molecule has 0 saturated carbocycles. The van der Waals surface area contributed by atoms with Crippen molar-refractivity contribution in [3.8, 4) is 0 Å². The lowest BCUT2D eigenvalue weighted by Gasteiger charge is -2.23. The first-order valence-corrected chi connectivity index (χ1v) is 10.6. The number of hydrogen-bond acceptors (Lipinski definition) is 7. The van der Waals surface area contributed by atoms with Crippen LogP contribution in [0.5, 0.6) is 0 Å². The van der Waals surface area contributed by atoms with E-state index in [1.807, 2.05) is 19.0 Å². The predicted octanol–water partition coefficient (Wildman–Crippen LogP) is 3.23. The van der Waals surface area contributed by atoms with Crippen LogP contribution >= 0.6 is 0 Å². The van der Waals surface area contributed by atoms with Crippen molar-refractivity contribution in [1.29, 1.82) is 0 Å². The molecule has 35 heavy (non-hydrogen) atoms. The lowest BCUT2D eigenvalue weighted by Crippen LogP contribution is -2.48. The maximum atomic E-state index is 13.1. The molecule has 2 N–H and O–H groups in total. The summed E-state index contributed by atoms with van der Waals surface area (Å²) in [5.41, 5.74) is 1.38. The summed E-state index contributed by atoms with van der Waals surface area (Å²) in [5, 5.41) is 12.3. The van der Waals surface area contributed by atoms with Gasteiger partial charge in [-0.2, -0.15) is 0 Å². The quantitative estimate of drug-likeness (QED) is 0.452. The van der Waals surface area contributed by atoms with Gasteiger partial charge in [-0.25, -0.2) is 14.4 Å². The van der Waals surface area contributed by atoms with Gasteiger partial charge in [-0.3, -0.25) is 4.79 Å². The molecule has 0 aromatic heterocycles. The number of esters is 2. The third-order valence-electron chi connectivity index (χ3n) is 4.92. The first kappa shape index (κ1) is 25.0. The van der Waals surface area contributed by atoms with Gasteiger partial charge >= 0.3 is 17.9 Å². The van der Waals surface area contributed by atoms with Gasteiger partial charge in [0.2, 0.25) is 12.2 Å². The van der Waals surface area contributed by atoms with Crippen molar-refractivity contribution in [2.24, 2.45) is 0 Å². The van der Waals surface area contributed by atoms with Gasteiger partial charge in [0, 0.05) is 25.5 Å². The molecular formula is C26H24N2O7. The number of rotatable bonds is 9. The predicted molar refractivity (Wildman–Crippen MR) is 128 cm³/mol. The number of carbonyl (C=O) groups is 4. The Morgan fingerprint density at radius 3 is 1.60 bits per heavy atom. The van der Waals surface area contributed by atoms with Crippen LogP contribution in [0.25, 0.3) is 0 Å². The number of aliphatic carboxylic acids is 1. The summed E-state index contributed by atoms with van der Waals surface area (Å²) in [7, 11) is 3.70. The molecule has 0 fully saturated rings. The fourth-order valence-corrected chi connectivity index (χ4v) is 3.07. The van der Waals surface area contributed by atoms with Gasteiger partial charge in [-0.15, -0.1) is 0 Å². The van der Waals surface area contributed by atoms with Crippen LogP contribution in [0.15, 0.2) is 84.9 Å². The number of ether oxygens (including phenoxy) is 2. The molecule has 0 aliphatic heterocycles. The van der Waals surface area contributed by atoms with E-state index in [1.54, 1.807) is 60.7 Å². The zero-order valence-corrected chi connectivity index (χ0v) is 19.1. The highest BCUT2D eigenvalue weighted by molar-refractivity contribution is 6.01. The number of carboxylic acid groups (broad SMARTS) is 1. The van der Waals surface area contributed by atoms with Crippen LogP contribution in [0.3, 0.4) is 0 Å². The van der Waals surface area contributed by atoms with Gasteiger partial charge in [-0.1, -0.05) is 36.4 Å². The molecular weight excluding hydrogens is 452 g/mol. The largest absolute Gasteiger partial charge is 0.478 e. The molecule has 1 amide bonds. The third kappa shape index (κ3) is 6.67. The average Bonchev–Trinajstić information content (AvgIpc) is 2.87. The molecule has 9 nitrogen and oxygen atoms in total. The number of hydrogen-bond donors (Lipinski definition) is 2. The SMILES string of the molecule is CN(C)c1ccc(NC(=O)[C@@H](OC(=O)c2ccccc2)[C@H](OC(=O)c2ccccc2)C(=O)O)cc1. The van der Waals surface area contributed by atoms with Crippen LogP contribution in [0.1, 0.15) is 20.7 Å². The van der Waals surface area contributed by atoms with Gasteiger partial charge in [0.15, 0.2) is 0 Å². The Morgan fingerprint density at radius 1 is 0.714 bits per heavy atom. The van der Waals surface area contributed by atoms with E-state index in [4.69, 9.17) is 9.47 Å². The van der Waals surface area contributed by atoms with E-state index >= 15 is 0 Å². The number of nitrogens with zero attached hydrogens (tertiary/aromatic N) is 1. The molecule has 0 spiro atoms. The molecule has 3 aromatic rings. The van der Waals surface area contributed by atoms with Crippen molar-refractivity contribution in [3.63, 3.8) is 0 Å². The summed E-state index contributed by atoms with van der Waals surface area (Å²) < 4.78 is 10.4. The molecule has 0 heterocycles. The fraction of sp³-hybridized carbons (Fsp3) is 0.154. The molecule has 0 unspecified atom stereocenters. The molecule has 0 aliphatic rings. The number of anilines is 2. The molecule has 3 aromatic carbocycles. The summed E-state index contributed by atoms with van der Waals surface area (Å²) in [6.45, 7) is 0. The highest BCUT2D eigenvalue weighted by atomic mass is 16.6. The third-order valence-corrected chi connectivity index (χ3v) is 4.92. The van der Waals surface area contributed by atoms with Crippen LogP contribution in [0.4, 0.5) is 11.4 Å². The Labute approximate surface area is 201 Å². The summed E-state index contributed by atoms with van der Waals surface area (Å²) in [6, 6.07) is 22.1. The molecule has 0 bridgehead atoms. The first-order chi connectivity index (χ1) is 16.8. The summed E-state index contributed by atoms with van der Waals surface area (Å²) in [4.78, 5) is 52.2. The lowest BCUT2D eigenvalue weighted by atomic mass is 10.1. The number of amides is 1. The van der Waals surface area contributed by atoms with E-state index < -0.39 is 36.0 Å².